The molecule has 2 fully saturated rings. The molecule has 0 saturated carbocycles. The van der Waals surface area contributed by atoms with Gasteiger partial charge in [0.15, 0.2) is 5.65 Å². The first-order valence-corrected chi connectivity index (χ1v) is 11.9. The van der Waals surface area contributed by atoms with E-state index in [1.165, 1.54) is 16.8 Å². The zero-order chi connectivity index (χ0) is 21.5. The molecule has 6 rings (SSSR count). The smallest absolute Gasteiger partial charge is 0.229 e. The van der Waals surface area contributed by atoms with Crippen molar-refractivity contribution in [1.29, 1.82) is 0 Å². The van der Waals surface area contributed by atoms with Crippen molar-refractivity contribution in [2.24, 2.45) is 5.92 Å². The zero-order valence-electron chi connectivity index (χ0n) is 18.4. The summed E-state index contributed by atoms with van der Waals surface area (Å²) < 4.78 is 1.97. The normalized spacial score (nSPS) is 20.1. The molecule has 0 atom stereocenters. The maximum atomic E-state index is 13.2. The van der Waals surface area contributed by atoms with Crippen LogP contribution in [-0.2, 0) is 17.6 Å². The van der Waals surface area contributed by atoms with Crippen molar-refractivity contribution in [3.8, 4) is 0 Å². The maximum absolute atomic E-state index is 13.2. The van der Waals surface area contributed by atoms with Gasteiger partial charge < -0.3 is 15.1 Å². The molecular formula is C25H30N6O. The van der Waals surface area contributed by atoms with Crippen LogP contribution in [0.3, 0.4) is 0 Å². The van der Waals surface area contributed by atoms with Crippen molar-refractivity contribution in [3.05, 3.63) is 59.4 Å². The number of hydrogen-bond donors (Lipinski definition) is 1. The fourth-order valence-electron chi connectivity index (χ4n) is 5.56. The lowest BCUT2D eigenvalue weighted by molar-refractivity contribution is -0.137. The van der Waals surface area contributed by atoms with Gasteiger partial charge in [0, 0.05) is 50.8 Å². The topological polar surface area (TPSA) is 65.8 Å². The Bertz CT molecular complexity index is 1110. The van der Waals surface area contributed by atoms with Gasteiger partial charge in [-0.1, -0.05) is 30.3 Å². The summed E-state index contributed by atoms with van der Waals surface area (Å²) in [6.45, 7) is 5.21. The highest BCUT2D eigenvalue weighted by Gasteiger charge is 2.39. The third-order valence-corrected chi connectivity index (χ3v) is 7.39. The van der Waals surface area contributed by atoms with Gasteiger partial charge >= 0.3 is 0 Å². The Morgan fingerprint density at radius 3 is 2.59 bits per heavy atom. The molecule has 0 unspecified atom stereocenters. The van der Waals surface area contributed by atoms with Crippen molar-refractivity contribution in [2.75, 3.05) is 44.2 Å². The number of fused-ring (bicyclic) bond motifs is 2. The molecule has 1 N–H and O–H groups in total. The summed E-state index contributed by atoms with van der Waals surface area (Å²) in [5.74, 6) is 2.13. The van der Waals surface area contributed by atoms with E-state index in [9.17, 15) is 4.79 Å². The van der Waals surface area contributed by atoms with E-state index in [1.807, 2.05) is 16.8 Å². The minimum Gasteiger partial charge on any atom is -0.354 e. The predicted molar refractivity (Wildman–Crippen MR) is 124 cm³/mol. The van der Waals surface area contributed by atoms with Crippen LogP contribution in [0.4, 0.5) is 5.82 Å². The lowest BCUT2D eigenvalue weighted by Crippen LogP contribution is -2.56. The molecule has 0 aliphatic carbocycles. The van der Waals surface area contributed by atoms with E-state index in [1.54, 1.807) is 0 Å². The third kappa shape index (κ3) is 3.45. The first kappa shape index (κ1) is 19.7. The van der Waals surface area contributed by atoms with Gasteiger partial charge in [-0.05, 0) is 37.3 Å². The first-order valence-electron chi connectivity index (χ1n) is 11.9. The zero-order valence-corrected chi connectivity index (χ0v) is 18.4. The van der Waals surface area contributed by atoms with Crippen molar-refractivity contribution >= 4 is 17.4 Å². The summed E-state index contributed by atoms with van der Waals surface area (Å²) >= 11 is 0. The van der Waals surface area contributed by atoms with Gasteiger partial charge in [0.1, 0.15) is 5.82 Å². The molecule has 7 heteroatoms. The summed E-state index contributed by atoms with van der Waals surface area (Å²) in [5.41, 5.74) is 4.78. The van der Waals surface area contributed by atoms with Crippen molar-refractivity contribution in [2.45, 2.75) is 31.6 Å². The van der Waals surface area contributed by atoms with Gasteiger partial charge in [0.05, 0.1) is 17.8 Å². The van der Waals surface area contributed by atoms with Crippen LogP contribution in [0.25, 0.3) is 5.65 Å². The highest BCUT2D eigenvalue weighted by molar-refractivity contribution is 5.82. The fourth-order valence-corrected chi connectivity index (χ4v) is 5.56. The number of piperidine rings is 1. The summed E-state index contributed by atoms with van der Waals surface area (Å²) in [4.78, 5) is 22.5. The van der Waals surface area contributed by atoms with Crippen molar-refractivity contribution in [3.63, 3.8) is 0 Å². The molecule has 3 aromatic rings. The van der Waals surface area contributed by atoms with E-state index < -0.39 is 0 Å². The van der Waals surface area contributed by atoms with Gasteiger partial charge in [-0.3, -0.25) is 4.79 Å². The summed E-state index contributed by atoms with van der Waals surface area (Å²) in [5, 5.41) is 8.03. The quantitative estimate of drug-likeness (QED) is 0.691. The Balaban J connectivity index is 1.14. The number of nitrogens with one attached hydrogen (secondary N) is 1. The van der Waals surface area contributed by atoms with Crippen LogP contribution in [0.1, 0.15) is 35.6 Å². The van der Waals surface area contributed by atoms with E-state index in [0.717, 1.165) is 76.4 Å². The number of amides is 1. The first-order chi connectivity index (χ1) is 15.8. The average molecular weight is 431 g/mol. The molecule has 2 aromatic heterocycles. The Labute approximate surface area is 188 Å². The summed E-state index contributed by atoms with van der Waals surface area (Å²) in [6, 6.07) is 12.7. The number of nitrogens with zero attached hydrogens (tertiary/aromatic N) is 5. The molecule has 0 radical (unpaired) electrons. The van der Waals surface area contributed by atoms with E-state index in [-0.39, 0.29) is 5.92 Å². The maximum Gasteiger partial charge on any atom is 0.229 e. The van der Waals surface area contributed by atoms with Gasteiger partial charge in [-0.25, -0.2) is 4.98 Å². The molecule has 32 heavy (non-hydrogen) atoms. The summed E-state index contributed by atoms with van der Waals surface area (Å²) in [6.07, 6.45) is 5.84. The molecule has 0 spiro atoms. The highest BCUT2D eigenvalue weighted by atomic mass is 16.2. The molecule has 166 valence electrons. The minimum absolute atomic E-state index is 0.0848. The fraction of sp³-hybridized carbons (Fsp3) is 0.480. The van der Waals surface area contributed by atoms with Gasteiger partial charge in [0.2, 0.25) is 5.91 Å². The van der Waals surface area contributed by atoms with Crippen LogP contribution >= 0.6 is 0 Å². The number of carbonyl (C=O) groups is 1. The van der Waals surface area contributed by atoms with Crippen LogP contribution in [0.2, 0.25) is 0 Å². The van der Waals surface area contributed by atoms with E-state index in [0.29, 0.717) is 11.8 Å². The molecule has 0 bridgehead atoms. The van der Waals surface area contributed by atoms with Crippen LogP contribution in [0.15, 0.2) is 42.6 Å². The Kier molecular flexibility index (Phi) is 5.06. The second kappa shape index (κ2) is 8.20. The largest absolute Gasteiger partial charge is 0.354 e. The monoisotopic (exact) mass is 430 g/mol. The Morgan fingerprint density at radius 2 is 1.78 bits per heavy atom. The van der Waals surface area contributed by atoms with Crippen LogP contribution < -0.4 is 10.2 Å². The van der Waals surface area contributed by atoms with Gasteiger partial charge in [0.25, 0.3) is 0 Å². The molecule has 7 nitrogen and oxygen atoms in total. The Morgan fingerprint density at radius 1 is 1.00 bits per heavy atom. The molecule has 1 amide bonds. The van der Waals surface area contributed by atoms with Crippen LogP contribution in [-0.4, -0.2) is 64.7 Å². The third-order valence-electron chi connectivity index (χ3n) is 7.39. The average Bonchev–Trinajstić information content (AvgIpc) is 3.15. The predicted octanol–water partition coefficient (Wildman–Crippen LogP) is 2.26. The highest BCUT2D eigenvalue weighted by Crippen LogP contribution is 2.33. The van der Waals surface area contributed by atoms with Gasteiger partial charge in [-0.15, -0.1) is 0 Å². The van der Waals surface area contributed by atoms with Crippen molar-refractivity contribution in [1.82, 2.24) is 24.8 Å². The number of anilines is 1. The molecule has 3 aliphatic heterocycles. The minimum atomic E-state index is 0.0848. The molecule has 5 heterocycles. The van der Waals surface area contributed by atoms with E-state index in [4.69, 9.17) is 4.98 Å². The molecule has 1 aromatic carbocycles. The van der Waals surface area contributed by atoms with Crippen LogP contribution in [0, 0.1) is 5.92 Å². The molecule has 3 aliphatic rings. The second-order valence-electron chi connectivity index (χ2n) is 9.32. The van der Waals surface area contributed by atoms with Gasteiger partial charge in [-0.2, -0.15) is 9.61 Å². The number of hydrogen-bond acceptors (Lipinski definition) is 5. The number of benzene rings is 1. The van der Waals surface area contributed by atoms with Crippen molar-refractivity contribution < 1.29 is 4.79 Å². The molecule has 2 saturated heterocycles. The number of likely N-dealkylation sites (tertiary alicyclic amines) is 1. The SMILES string of the molecule is O=C(C1CN(c2c3c(nc4ccnn24)CCNCC3)C1)N1CCC(c2ccccc2)CC1. The number of carbonyl (C=O) groups excluding carboxylic acids is 1. The number of rotatable bonds is 3. The second-order valence-corrected chi connectivity index (χ2v) is 9.32. The standard InChI is InChI=1S/C25H30N6O/c32-25(29-14-9-19(10-15-29)18-4-2-1-3-5-18)20-16-30(17-20)24-21-6-11-26-12-7-22(21)28-23-8-13-27-31(23)24/h1-5,8,13,19-20,26H,6-7,9-12,14-17H2. The summed E-state index contributed by atoms with van der Waals surface area (Å²) in [7, 11) is 0. The lowest BCUT2D eigenvalue weighted by Gasteiger charge is -2.44. The Hall–Kier alpha value is -2.93. The number of aromatic nitrogens is 3. The van der Waals surface area contributed by atoms with E-state index in [2.05, 4.69) is 50.5 Å². The van der Waals surface area contributed by atoms with Crippen LogP contribution in [0.5, 0.6) is 0 Å². The lowest BCUT2D eigenvalue weighted by atomic mass is 9.88. The van der Waals surface area contributed by atoms with E-state index >= 15 is 0 Å². The molecular weight excluding hydrogens is 400 g/mol.